The smallest absolute Gasteiger partial charge is 0.326 e. The zero-order valence-electron chi connectivity index (χ0n) is 39.4. The molecule has 9 atom stereocenters. The molecule has 67 heavy (non-hydrogen) atoms. The van der Waals surface area contributed by atoms with E-state index in [9.17, 15) is 63.0 Å². The van der Waals surface area contributed by atoms with Crippen molar-refractivity contribution in [3.63, 3.8) is 0 Å². The van der Waals surface area contributed by atoms with Gasteiger partial charge < -0.3 is 75.7 Å². The van der Waals surface area contributed by atoms with Crippen LogP contribution in [-0.2, 0) is 52.7 Å². The number of amides is 10. The highest BCUT2D eigenvalue weighted by atomic mass is 32.2. The van der Waals surface area contributed by atoms with E-state index >= 15 is 0 Å². The van der Waals surface area contributed by atoms with Gasteiger partial charge in [0.25, 0.3) is 0 Å². The van der Waals surface area contributed by atoms with E-state index in [2.05, 4.69) is 42.5 Å². The van der Waals surface area contributed by atoms with Gasteiger partial charge in [-0.05, 0) is 89.2 Å². The van der Waals surface area contributed by atoms with E-state index in [4.69, 9.17) is 22.9 Å². The number of carbonyl (C=O) groups excluding carboxylic acids is 10. The Morgan fingerprint density at radius 1 is 0.567 bits per heavy atom. The SMILES string of the molecule is CSCC[C@H](NC(=O)[C@@H](N)CCC(N)=O)C(=O)N[C@@H](CC(N)=O)C(=O)N[C@@H](CC(C)C)C(=O)NCC(=O)N[C@@H](C)C(=O)N[C@H](C(=O)N[C@@H](CC(C)C)C(=O)N[C@@H](CCCCN)C(=O)O)[C@@H](C)O. The fourth-order valence-corrected chi connectivity index (χ4v) is 6.66. The summed E-state index contributed by atoms with van der Waals surface area (Å²) in [6, 6.07) is -10.8. The molecule has 0 saturated heterocycles. The van der Waals surface area contributed by atoms with Crippen molar-refractivity contribution in [3.05, 3.63) is 0 Å². The summed E-state index contributed by atoms with van der Waals surface area (Å²) in [5, 5.41) is 39.3. The molecule has 25 nitrogen and oxygen atoms in total. The minimum Gasteiger partial charge on any atom is -0.480 e. The van der Waals surface area contributed by atoms with Crippen molar-refractivity contribution in [2.75, 3.05) is 25.1 Å². The molecular formula is C41H74N12O13S. The molecule has 0 aliphatic carbocycles. The van der Waals surface area contributed by atoms with Crippen LogP contribution >= 0.6 is 11.8 Å². The average Bonchev–Trinajstić information content (AvgIpc) is 3.22. The summed E-state index contributed by atoms with van der Waals surface area (Å²) in [6.45, 7) is 9.07. The summed E-state index contributed by atoms with van der Waals surface area (Å²) < 4.78 is 0. The number of aliphatic hydroxyl groups excluding tert-OH is 1. The van der Waals surface area contributed by atoms with Crippen molar-refractivity contribution in [3.8, 4) is 0 Å². The second kappa shape index (κ2) is 32.2. The lowest BCUT2D eigenvalue weighted by Crippen LogP contribution is -2.60. The summed E-state index contributed by atoms with van der Waals surface area (Å²) in [6.07, 6.45) is 0.503. The van der Waals surface area contributed by atoms with Crippen molar-refractivity contribution in [1.29, 1.82) is 0 Å². The molecule has 0 fully saturated rings. The monoisotopic (exact) mass is 975 g/mol. The molecule has 18 N–H and O–H groups in total. The van der Waals surface area contributed by atoms with Crippen LogP contribution in [0, 0.1) is 11.8 Å². The van der Waals surface area contributed by atoms with Gasteiger partial charge in [0.2, 0.25) is 59.1 Å². The van der Waals surface area contributed by atoms with Gasteiger partial charge in [-0.2, -0.15) is 11.8 Å². The second-order valence-corrected chi connectivity index (χ2v) is 18.0. The number of primary amides is 2. The molecule has 0 rings (SSSR count). The van der Waals surface area contributed by atoms with E-state index in [0.29, 0.717) is 25.1 Å². The van der Waals surface area contributed by atoms with Gasteiger partial charge in [0.1, 0.15) is 42.3 Å². The molecule has 0 radical (unpaired) electrons. The zero-order chi connectivity index (χ0) is 51.6. The summed E-state index contributed by atoms with van der Waals surface area (Å²) in [4.78, 5) is 141. The molecule has 0 spiro atoms. The molecule has 0 aromatic heterocycles. The predicted octanol–water partition coefficient (Wildman–Crippen LogP) is -4.58. The molecule has 26 heteroatoms. The Morgan fingerprint density at radius 2 is 1.07 bits per heavy atom. The van der Waals surface area contributed by atoms with Crippen molar-refractivity contribution in [1.82, 2.24) is 42.5 Å². The Hall–Kier alpha value is -5.60. The fraction of sp³-hybridized carbons (Fsp3) is 0.732. The van der Waals surface area contributed by atoms with Crippen LogP contribution in [0.4, 0.5) is 0 Å². The second-order valence-electron chi connectivity index (χ2n) is 17.0. The number of hydrogen-bond acceptors (Lipinski definition) is 15. The third-order valence-electron chi connectivity index (χ3n) is 9.82. The Balaban J connectivity index is 5.83. The van der Waals surface area contributed by atoms with Gasteiger partial charge in [-0.3, -0.25) is 47.9 Å². The number of rotatable bonds is 34. The number of nitrogens with two attached hydrogens (primary N) is 4. The standard InChI is InChI=1S/C41H74N12O13S/c1-20(2)16-27(50-39(63)29(18-31(45)56)51-37(61)25(13-15-67-7)48-35(59)24(43)11-12-30(44)55)36(60)46-19-32(57)47-22(5)34(58)53-33(23(6)54)40(64)52-28(17-21(3)4)38(62)49-26(41(65)66)10-8-9-14-42/h20-29,33,54H,8-19,42-43H2,1-7H3,(H2,44,55)(H2,45,56)(H,46,60)(H,47,57)(H,48,59)(H,49,62)(H,50,63)(H,51,61)(H,52,64)(H,53,58)(H,65,66)/t22-,23+,24-,25-,26-,27-,28-,29-,33-/m0/s1. The van der Waals surface area contributed by atoms with Crippen molar-refractivity contribution >= 4 is 76.8 Å². The van der Waals surface area contributed by atoms with Crippen LogP contribution in [-0.4, -0.2) is 155 Å². The molecule has 0 aromatic carbocycles. The maximum absolute atomic E-state index is 13.5. The number of nitrogens with one attached hydrogen (secondary N) is 8. The number of carboxylic acids is 1. The Morgan fingerprint density at radius 3 is 1.58 bits per heavy atom. The van der Waals surface area contributed by atoms with E-state index in [0.717, 1.165) is 0 Å². The minimum atomic E-state index is -1.63. The van der Waals surface area contributed by atoms with E-state index < -0.39 is 132 Å². The molecule has 0 saturated carbocycles. The van der Waals surface area contributed by atoms with Gasteiger partial charge in [-0.25, -0.2) is 4.79 Å². The normalized spacial score (nSPS) is 15.2. The molecule has 0 heterocycles. The maximum atomic E-state index is 13.5. The molecule has 0 bridgehead atoms. The number of aliphatic hydroxyl groups is 1. The van der Waals surface area contributed by atoms with Crippen LogP contribution in [0.1, 0.15) is 99.3 Å². The van der Waals surface area contributed by atoms with Crippen LogP contribution in [0.2, 0.25) is 0 Å². The van der Waals surface area contributed by atoms with Gasteiger partial charge in [-0.15, -0.1) is 0 Å². The minimum absolute atomic E-state index is 0.0161. The van der Waals surface area contributed by atoms with E-state index in [1.165, 1.54) is 25.6 Å². The Bertz CT molecular complexity index is 1700. The first-order valence-corrected chi connectivity index (χ1v) is 23.4. The third kappa shape index (κ3) is 25.8. The third-order valence-corrected chi connectivity index (χ3v) is 10.5. The summed E-state index contributed by atoms with van der Waals surface area (Å²) in [7, 11) is 0. The largest absolute Gasteiger partial charge is 0.480 e. The van der Waals surface area contributed by atoms with Gasteiger partial charge >= 0.3 is 5.97 Å². The summed E-state index contributed by atoms with van der Waals surface area (Å²) in [5.41, 5.74) is 21.8. The fourth-order valence-electron chi connectivity index (χ4n) is 6.19. The molecule has 382 valence electrons. The lowest BCUT2D eigenvalue weighted by Gasteiger charge is -2.27. The highest BCUT2D eigenvalue weighted by Crippen LogP contribution is 2.10. The highest BCUT2D eigenvalue weighted by molar-refractivity contribution is 7.98. The highest BCUT2D eigenvalue weighted by Gasteiger charge is 2.34. The van der Waals surface area contributed by atoms with E-state index in [1.807, 2.05) is 0 Å². The van der Waals surface area contributed by atoms with Crippen molar-refractivity contribution < 1.29 is 63.0 Å². The number of unbranched alkanes of at least 4 members (excludes halogenated alkanes) is 1. The topological polar surface area (TPSA) is 429 Å². The van der Waals surface area contributed by atoms with Gasteiger partial charge in [0.05, 0.1) is 25.1 Å². The molecular weight excluding hydrogens is 901 g/mol. The van der Waals surface area contributed by atoms with Gasteiger partial charge in [0.15, 0.2) is 0 Å². The first kappa shape index (κ1) is 61.4. The summed E-state index contributed by atoms with van der Waals surface area (Å²) >= 11 is 1.35. The number of thioether (sulfide) groups is 1. The van der Waals surface area contributed by atoms with E-state index in [-0.39, 0.29) is 50.4 Å². The number of carbonyl (C=O) groups is 11. The molecule has 0 aliphatic heterocycles. The first-order chi connectivity index (χ1) is 31.2. The van der Waals surface area contributed by atoms with Crippen LogP contribution in [0.25, 0.3) is 0 Å². The number of hydrogen-bond donors (Lipinski definition) is 14. The molecule has 0 aliphatic rings. The van der Waals surface area contributed by atoms with Crippen molar-refractivity contribution in [2.24, 2.45) is 34.8 Å². The average molecular weight is 975 g/mol. The first-order valence-electron chi connectivity index (χ1n) is 22.1. The van der Waals surface area contributed by atoms with Gasteiger partial charge in [0, 0.05) is 6.42 Å². The van der Waals surface area contributed by atoms with Gasteiger partial charge in [-0.1, -0.05) is 27.7 Å². The number of aliphatic carboxylic acids is 1. The zero-order valence-corrected chi connectivity index (χ0v) is 40.3. The van der Waals surface area contributed by atoms with Crippen molar-refractivity contribution in [2.45, 2.75) is 154 Å². The van der Waals surface area contributed by atoms with Crippen LogP contribution in [0.5, 0.6) is 0 Å². The molecule has 0 unspecified atom stereocenters. The lowest BCUT2D eigenvalue weighted by molar-refractivity contribution is -0.142. The number of carboxylic acid groups (broad SMARTS) is 1. The molecule has 10 amide bonds. The molecule has 0 aromatic rings. The predicted molar refractivity (Wildman–Crippen MR) is 247 cm³/mol. The van der Waals surface area contributed by atoms with Crippen LogP contribution < -0.4 is 65.5 Å². The van der Waals surface area contributed by atoms with Crippen LogP contribution in [0.3, 0.4) is 0 Å². The Kier molecular flexibility index (Phi) is 29.5. The van der Waals surface area contributed by atoms with E-state index in [1.54, 1.807) is 34.0 Å². The summed E-state index contributed by atoms with van der Waals surface area (Å²) in [5.74, 6) is -10.0. The quantitative estimate of drug-likeness (QED) is 0.0270. The van der Waals surface area contributed by atoms with Crippen LogP contribution in [0.15, 0.2) is 0 Å². The maximum Gasteiger partial charge on any atom is 0.326 e. The Labute approximate surface area is 395 Å². The lowest BCUT2D eigenvalue weighted by atomic mass is 10.0.